The van der Waals surface area contributed by atoms with Crippen LogP contribution in [0, 0.1) is 0 Å². The number of rotatable bonds is 5. The first kappa shape index (κ1) is 24.2. The van der Waals surface area contributed by atoms with Crippen LogP contribution in [-0.2, 0) is 22.6 Å². The Hall–Kier alpha value is -4.83. The number of likely N-dealkylation sites (tertiary alicyclic amines) is 1. The van der Waals surface area contributed by atoms with Crippen molar-refractivity contribution < 1.29 is 9.59 Å². The van der Waals surface area contributed by atoms with Crippen LogP contribution in [0.2, 0.25) is 0 Å². The maximum atomic E-state index is 13.0. The van der Waals surface area contributed by atoms with Crippen LogP contribution in [0.4, 0.5) is 0 Å². The topological polar surface area (TPSA) is 113 Å². The van der Waals surface area contributed by atoms with Gasteiger partial charge in [-0.2, -0.15) is 5.10 Å². The molecule has 9 nitrogen and oxygen atoms in total. The summed E-state index contributed by atoms with van der Waals surface area (Å²) in [5.41, 5.74) is 6.40. The Morgan fingerprint density at radius 3 is 2.80 bits per heavy atom. The van der Waals surface area contributed by atoms with Gasteiger partial charge in [-0.05, 0) is 46.8 Å². The van der Waals surface area contributed by atoms with Crippen LogP contribution in [0.1, 0.15) is 17.2 Å². The molecule has 2 amide bonds. The van der Waals surface area contributed by atoms with E-state index in [-0.39, 0.29) is 23.4 Å². The summed E-state index contributed by atoms with van der Waals surface area (Å²) in [7, 11) is 0. The van der Waals surface area contributed by atoms with E-state index < -0.39 is 0 Å². The van der Waals surface area contributed by atoms with Crippen LogP contribution in [0.5, 0.6) is 0 Å². The van der Waals surface area contributed by atoms with Gasteiger partial charge >= 0.3 is 0 Å². The number of aromatic amines is 1. The molecule has 6 heterocycles. The molecule has 40 heavy (non-hydrogen) atoms. The van der Waals surface area contributed by atoms with Gasteiger partial charge in [0.25, 0.3) is 5.56 Å². The van der Waals surface area contributed by atoms with Crippen molar-refractivity contribution >= 4 is 33.2 Å². The first-order valence-corrected chi connectivity index (χ1v) is 13.8. The number of carbonyl (C=O) groups excluding carboxylic acids is 2. The maximum Gasteiger partial charge on any atom is 0.255 e. The summed E-state index contributed by atoms with van der Waals surface area (Å²) < 4.78 is 2.82. The second kappa shape index (κ2) is 9.42. The molecule has 0 saturated carbocycles. The molecule has 4 aromatic heterocycles. The summed E-state index contributed by atoms with van der Waals surface area (Å²) >= 11 is 1.57. The number of nitrogens with zero attached hydrogens (tertiary/aromatic N) is 4. The molecule has 0 unspecified atom stereocenters. The van der Waals surface area contributed by atoms with Crippen molar-refractivity contribution in [2.45, 2.75) is 19.0 Å². The SMILES string of the molecule is C=CC(=O)N1CC(n2cc(-c3nc(-c4ccc5c(c4)CNC(=O)C5)c4ccsc4c3-c3ccc[nH]c3=O)cn2)C1. The summed E-state index contributed by atoms with van der Waals surface area (Å²) in [5.74, 6) is -0.0629. The molecule has 5 aromatic rings. The lowest BCUT2D eigenvalue weighted by Crippen LogP contribution is -2.50. The summed E-state index contributed by atoms with van der Waals surface area (Å²) in [5, 5.41) is 10.5. The third kappa shape index (κ3) is 3.95. The molecule has 2 N–H and O–H groups in total. The number of hydrogen-bond donors (Lipinski definition) is 2. The number of amides is 2. The number of carbonyl (C=O) groups is 2. The van der Waals surface area contributed by atoms with Crippen molar-refractivity contribution in [3.05, 3.63) is 94.5 Å². The Labute approximate surface area is 232 Å². The zero-order valence-corrected chi connectivity index (χ0v) is 22.2. The molecule has 1 saturated heterocycles. The molecule has 1 aromatic carbocycles. The van der Waals surface area contributed by atoms with Crippen LogP contribution < -0.4 is 10.9 Å². The fourth-order valence-electron chi connectivity index (χ4n) is 5.45. The van der Waals surface area contributed by atoms with E-state index in [1.165, 1.54) is 6.08 Å². The lowest BCUT2D eigenvalue weighted by Gasteiger charge is -2.38. The number of pyridine rings is 2. The monoisotopic (exact) mass is 548 g/mol. The Balaban J connectivity index is 1.39. The maximum absolute atomic E-state index is 13.0. The van der Waals surface area contributed by atoms with Crippen molar-refractivity contribution in [2.75, 3.05) is 13.1 Å². The van der Waals surface area contributed by atoms with Crippen molar-refractivity contribution in [3.8, 4) is 33.6 Å². The van der Waals surface area contributed by atoms with Gasteiger partial charge in [0, 0.05) is 58.8 Å². The smallest absolute Gasteiger partial charge is 0.255 e. The number of benzene rings is 1. The predicted octanol–water partition coefficient (Wildman–Crippen LogP) is 3.92. The third-order valence-corrected chi connectivity index (χ3v) is 8.53. The van der Waals surface area contributed by atoms with Gasteiger partial charge in [0.1, 0.15) is 0 Å². The highest BCUT2D eigenvalue weighted by atomic mass is 32.1. The summed E-state index contributed by atoms with van der Waals surface area (Å²) in [4.78, 5) is 46.6. The van der Waals surface area contributed by atoms with Crippen LogP contribution in [0.3, 0.4) is 0 Å². The Morgan fingerprint density at radius 2 is 1.98 bits per heavy atom. The molecule has 0 aliphatic carbocycles. The first-order valence-electron chi connectivity index (χ1n) is 12.9. The average Bonchev–Trinajstić information content (AvgIpc) is 3.62. The number of H-pyrrole nitrogens is 1. The minimum Gasteiger partial charge on any atom is -0.352 e. The largest absolute Gasteiger partial charge is 0.352 e. The van der Waals surface area contributed by atoms with Gasteiger partial charge < -0.3 is 15.2 Å². The Bertz CT molecular complexity index is 1900. The van der Waals surface area contributed by atoms with Crippen molar-refractivity contribution in [1.29, 1.82) is 0 Å². The van der Waals surface area contributed by atoms with Gasteiger partial charge in [-0.1, -0.05) is 18.7 Å². The van der Waals surface area contributed by atoms with E-state index in [0.29, 0.717) is 37.3 Å². The molecule has 0 spiro atoms. The fourth-order valence-corrected chi connectivity index (χ4v) is 6.41. The minimum absolute atomic E-state index is 0.0266. The van der Waals surface area contributed by atoms with E-state index in [2.05, 4.69) is 28.0 Å². The van der Waals surface area contributed by atoms with Crippen LogP contribution in [0.15, 0.2) is 77.8 Å². The van der Waals surface area contributed by atoms with Crippen molar-refractivity contribution in [1.82, 2.24) is 30.0 Å². The second-order valence-electron chi connectivity index (χ2n) is 10.0. The molecule has 2 aliphatic heterocycles. The fraction of sp³-hybridized carbons (Fsp3) is 0.167. The number of thiophene rings is 1. The normalized spacial score (nSPS) is 15.0. The van der Waals surface area contributed by atoms with Crippen molar-refractivity contribution in [2.24, 2.45) is 0 Å². The molecule has 7 rings (SSSR count). The van der Waals surface area contributed by atoms with Crippen molar-refractivity contribution in [3.63, 3.8) is 0 Å². The molecule has 198 valence electrons. The highest BCUT2D eigenvalue weighted by molar-refractivity contribution is 7.18. The molecule has 2 aliphatic rings. The number of aromatic nitrogens is 4. The van der Waals surface area contributed by atoms with E-state index >= 15 is 0 Å². The average molecular weight is 549 g/mol. The standard InChI is InChI=1S/C30H24N6O3S/c1-2-25(38)35-15-21(16-35)36-14-20(13-33-36)28-26(22-4-3-8-31-30(22)39)29-23(7-9-40-29)27(34-28)18-6-5-17-11-24(37)32-12-19(17)10-18/h2-10,13-14,21H,1,11-12,15-16H2,(H,31,39)(H,32,37). The van der Waals surface area contributed by atoms with Crippen LogP contribution >= 0.6 is 11.3 Å². The second-order valence-corrected chi connectivity index (χ2v) is 10.9. The van der Waals surface area contributed by atoms with Crippen LogP contribution in [0.25, 0.3) is 43.7 Å². The summed E-state index contributed by atoms with van der Waals surface area (Å²) in [6.45, 7) is 5.17. The molecule has 0 bridgehead atoms. The van der Waals surface area contributed by atoms with Gasteiger partial charge in [-0.25, -0.2) is 4.98 Å². The Morgan fingerprint density at radius 1 is 1.10 bits per heavy atom. The predicted molar refractivity (Wildman–Crippen MR) is 154 cm³/mol. The van der Waals surface area contributed by atoms with Gasteiger partial charge in [0.2, 0.25) is 11.8 Å². The highest BCUT2D eigenvalue weighted by Gasteiger charge is 2.32. The lowest BCUT2D eigenvalue weighted by atomic mass is 9.94. The Kier molecular flexibility index (Phi) is 5.71. The van der Waals surface area contributed by atoms with E-state index in [0.717, 1.165) is 43.6 Å². The summed E-state index contributed by atoms with van der Waals surface area (Å²) in [6.07, 6.45) is 7.02. The highest BCUT2D eigenvalue weighted by Crippen LogP contribution is 2.42. The molecule has 0 radical (unpaired) electrons. The van der Waals surface area contributed by atoms with Gasteiger partial charge in [0.15, 0.2) is 0 Å². The number of fused-ring (bicyclic) bond motifs is 2. The van der Waals surface area contributed by atoms with Crippen LogP contribution in [-0.4, -0.2) is 49.6 Å². The molecular weight excluding hydrogens is 524 g/mol. The minimum atomic E-state index is -0.192. The van der Waals surface area contributed by atoms with Gasteiger partial charge in [-0.3, -0.25) is 19.1 Å². The zero-order chi connectivity index (χ0) is 27.4. The van der Waals surface area contributed by atoms with E-state index in [9.17, 15) is 14.4 Å². The third-order valence-electron chi connectivity index (χ3n) is 7.60. The van der Waals surface area contributed by atoms with E-state index in [1.807, 2.05) is 46.6 Å². The van der Waals surface area contributed by atoms with Gasteiger partial charge in [0.05, 0.1) is 35.6 Å². The first-order chi connectivity index (χ1) is 19.5. The lowest BCUT2D eigenvalue weighted by molar-refractivity contribution is -0.131. The zero-order valence-electron chi connectivity index (χ0n) is 21.4. The quantitative estimate of drug-likeness (QED) is 0.323. The van der Waals surface area contributed by atoms with E-state index in [4.69, 9.17) is 4.98 Å². The number of hydrogen-bond acceptors (Lipinski definition) is 6. The van der Waals surface area contributed by atoms with Gasteiger partial charge in [-0.15, -0.1) is 11.3 Å². The molecular formula is C30H24N6O3S. The molecule has 1 fully saturated rings. The van der Waals surface area contributed by atoms with E-state index in [1.54, 1.807) is 28.6 Å². The molecule has 0 atom stereocenters. The summed E-state index contributed by atoms with van der Waals surface area (Å²) in [6, 6.07) is 11.8. The molecule has 10 heteroatoms. The number of nitrogens with one attached hydrogen (secondary N) is 2.